The number of amides is 1. The molecular weight excluding hydrogens is 342 g/mol. The minimum atomic E-state index is -0.383. The molecule has 2 aromatic rings. The van der Waals surface area contributed by atoms with Crippen LogP contribution in [0.15, 0.2) is 54.6 Å². The number of aryl methyl sites for hydroxylation is 1. The van der Waals surface area contributed by atoms with E-state index in [-0.39, 0.29) is 30.9 Å². The van der Waals surface area contributed by atoms with Crippen LogP contribution in [-0.2, 0) is 20.7 Å². The molecule has 1 aliphatic rings. The summed E-state index contributed by atoms with van der Waals surface area (Å²) < 4.78 is 10.6. The molecule has 1 amide bonds. The number of carbonyl (C=O) groups excluding carboxylic acids is 2. The molecule has 0 radical (unpaired) electrons. The van der Waals surface area contributed by atoms with E-state index in [9.17, 15) is 9.59 Å². The summed E-state index contributed by atoms with van der Waals surface area (Å²) in [6.07, 6.45) is 3.77. The first kappa shape index (κ1) is 19.0. The Bertz CT molecular complexity index is 760. The highest BCUT2D eigenvalue weighted by Crippen LogP contribution is 2.29. The molecule has 0 saturated heterocycles. The van der Waals surface area contributed by atoms with Crippen LogP contribution in [0.5, 0.6) is 5.75 Å². The van der Waals surface area contributed by atoms with E-state index in [2.05, 4.69) is 17.4 Å². The van der Waals surface area contributed by atoms with Gasteiger partial charge in [0.05, 0.1) is 12.6 Å². The first-order chi connectivity index (χ1) is 13.2. The van der Waals surface area contributed by atoms with Crippen LogP contribution >= 0.6 is 0 Å². The van der Waals surface area contributed by atoms with Crippen molar-refractivity contribution in [3.8, 4) is 5.75 Å². The predicted molar refractivity (Wildman–Crippen MR) is 102 cm³/mol. The lowest BCUT2D eigenvalue weighted by atomic mass is 9.88. The van der Waals surface area contributed by atoms with Crippen LogP contribution in [0.4, 0.5) is 0 Å². The monoisotopic (exact) mass is 367 g/mol. The van der Waals surface area contributed by atoms with Crippen LogP contribution in [0, 0.1) is 0 Å². The molecule has 5 heteroatoms. The molecule has 0 fully saturated rings. The van der Waals surface area contributed by atoms with E-state index in [4.69, 9.17) is 9.47 Å². The first-order valence-electron chi connectivity index (χ1n) is 9.43. The fourth-order valence-electron chi connectivity index (χ4n) is 3.28. The van der Waals surface area contributed by atoms with Gasteiger partial charge in [0.15, 0.2) is 6.61 Å². The van der Waals surface area contributed by atoms with Gasteiger partial charge in [-0.2, -0.15) is 0 Å². The van der Waals surface area contributed by atoms with E-state index in [0.29, 0.717) is 13.0 Å². The Morgan fingerprint density at radius 1 is 1.04 bits per heavy atom. The predicted octanol–water partition coefficient (Wildman–Crippen LogP) is 3.58. The second kappa shape index (κ2) is 9.76. The number of nitrogens with one attached hydrogen (secondary N) is 1. The van der Waals surface area contributed by atoms with Gasteiger partial charge >= 0.3 is 5.97 Å². The summed E-state index contributed by atoms with van der Waals surface area (Å²) in [5.41, 5.74) is 2.45. The highest BCUT2D eigenvalue weighted by atomic mass is 16.5. The maximum absolute atomic E-state index is 12.1. The lowest BCUT2D eigenvalue weighted by Crippen LogP contribution is -2.34. The summed E-state index contributed by atoms with van der Waals surface area (Å²) in [7, 11) is 0. The number of hydrogen-bond donors (Lipinski definition) is 1. The smallest absolute Gasteiger partial charge is 0.306 e. The second-order valence-electron chi connectivity index (χ2n) is 6.64. The summed E-state index contributed by atoms with van der Waals surface area (Å²) in [4.78, 5) is 23.9. The Morgan fingerprint density at radius 3 is 2.67 bits per heavy atom. The molecule has 0 aliphatic heterocycles. The van der Waals surface area contributed by atoms with Gasteiger partial charge in [-0.1, -0.05) is 42.5 Å². The first-order valence-corrected chi connectivity index (χ1v) is 9.43. The SMILES string of the molecule is O=C(COC(=O)CCCOc1ccccc1)N[C@@H]1CCCc2ccccc21. The Kier molecular flexibility index (Phi) is 6.85. The molecule has 1 N–H and O–H groups in total. The molecule has 5 nitrogen and oxygen atoms in total. The Balaban J connectivity index is 1.34. The van der Waals surface area contributed by atoms with Gasteiger partial charge in [0, 0.05) is 6.42 Å². The van der Waals surface area contributed by atoms with Crippen LogP contribution in [0.3, 0.4) is 0 Å². The van der Waals surface area contributed by atoms with Crippen molar-refractivity contribution in [3.63, 3.8) is 0 Å². The number of benzene rings is 2. The molecule has 0 saturated carbocycles. The Morgan fingerprint density at radius 2 is 1.81 bits per heavy atom. The van der Waals surface area contributed by atoms with Gasteiger partial charge in [0.1, 0.15) is 5.75 Å². The van der Waals surface area contributed by atoms with Crippen molar-refractivity contribution in [2.24, 2.45) is 0 Å². The number of carbonyl (C=O) groups is 2. The fraction of sp³-hybridized carbons (Fsp3) is 0.364. The van der Waals surface area contributed by atoms with Crippen molar-refractivity contribution in [2.45, 2.75) is 38.1 Å². The zero-order valence-corrected chi connectivity index (χ0v) is 15.4. The average Bonchev–Trinajstić information content (AvgIpc) is 2.71. The lowest BCUT2D eigenvalue weighted by Gasteiger charge is -2.26. The van der Waals surface area contributed by atoms with Crippen molar-refractivity contribution in [1.29, 1.82) is 0 Å². The molecular formula is C22H25NO4. The van der Waals surface area contributed by atoms with E-state index >= 15 is 0 Å². The molecule has 1 atom stereocenters. The van der Waals surface area contributed by atoms with Crippen LogP contribution < -0.4 is 10.1 Å². The summed E-state index contributed by atoms with van der Waals surface area (Å²) in [5, 5.41) is 2.98. The summed E-state index contributed by atoms with van der Waals surface area (Å²) in [6, 6.07) is 17.6. The fourth-order valence-corrected chi connectivity index (χ4v) is 3.28. The molecule has 0 aromatic heterocycles. The molecule has 1 aliphatic carbocycles. The number of rotatable bonds is 8. The van der Waals surface area contributed by atoms with Gasteiger partial charge in [0.2, 0.25) is 0 Å². The van der Waals surface area contributed by atoms with Gasteiger partial charge < -0.3 is 14.8 Å². The maximum atomic E-state index is 12.1. The quantitative estimate of drug-likeness (QED) is 0.572. The van der Waals surface area contributed by atoms with Crippen LogP contribution in [0.2, 0.25) is 0 Å². The van der Waals surface area contributed by atoms with Gasteiger partial charge in [0.25, 0.3) is 5.91 Å². The Hall–Kier alpha value is -2.82. The van der Waals surface area contributed by atoms with Crippen LogP contribution in [-0.4, -0.2) is 25.1 Å². The molecule has 2 aromatic carbocycles. The summed E-state index contributed by atoms with van der Waals surface area (Å²) in [6.45, 7) is 0.196. The topological polar surface area (TPSA) is 64.6 Å². The van der Waals surface area contributed by atoms with Crippen molar-refractivity contribution in [3.05, 3.63) is 65.7 Å². The normalized spacial score (nSPS) is 15.5. The molecule has 0 bridgehead atoms. The minimum Gasteiger partial charge on any atom is -0.494 e. The van der Waals surface area contributed by atoms with Gasteiger partial charge in [-0.15, -0.1) is 0 Å². The Labute approximate surface area is 159 Å². The third-order valence-electron chi connectivity index (χ3n) is 4.61. The molecule has 0 heterocycles. The highest BCUT2D eigenvalue weighted by molar-refractivity contribution is 5.80. The van der Waals surface area contributed by atoms with E-state index in [1.807, 2.05) is 42.5 Å². The van der Waals surface area contributed by atoms with E-state index in [1.165, 1.54) is 11.1 Å². The van der Waals surface area contributed by atoms with Crippen LogP contribution in [0.1, 0.15) is 42.9 Å². The molecule has 0 unspecified atom stereocenters. The lowest BCUT2D eigenvalue weighted by molar-refractivity contribution is -0.149. The van der Waals surface area contributed by atoms with E-state index in [1.54, 1.807) is 0 Å². The largest absolute Gasteiger partial charge is 0.494 e. The van der Waals surface area contributed by atoms with Crippen molar-refractivity contribution < 1.29 is 19.1 Å². The summed E-state index contributed by atoms with van der Waals surface area (Å²) >= 11 is 0. The van der Waals surface area contributed by atoms with E-state index in [0.717, 1.165) is 25.0 Å². The number of para-hydroxylation sites is 1. The minimum absolute atomic E-state index is 0.000393. The zero-order valence-electron chi connectivity index (χ0n) is 15.4. The van der Waals surface area contributed by atoms with Gasteiger partial charge in [-0.3, -0.25) is 9.59 Å². The molecule has 0 spiro atoms. The van der Waals surface area contributed by atoms with Crippen molar-refractivity contribution in [2.75, 3.05) is 13.2 Å². The number of ether oxygens (including phenoxy) is 2. The summed E-state index contributed by atoms with van der Waals surface area (Å²) in [5.74, 6) is 0.134. The molecule has 3 rings (SSSR count). The van der Waals surface area contributed by atoms with Crippen molar-refractivity contribution >= 4 is 11.9 Å². The highest BCUT2D eigenvalue weighted by Gasteiger charge is 2.21. The van der Waals surface area contributed by atoms with Gasteiger partial charge in [-0.25, -0.2) is 0 Å². The maximum Gasteiger partial charge on any atom is 0.306 e. The van der Waals surface area contributed by atoms with E-state index < -0.39 is 0 Å². The number of esters is 1. The molecule has 27 heavy (non-hydrogen) atoms. The third-order valence-corrected chi connectivity index (χ3v) is 4.61. The van der Waals surface area contributed by atoms with Crippen LogP contribution in [0.25, 0.3) is 0 Å². The standard InChI is InChI=1S/C22H25NO4/c24-21(23-20-13-6-9-17-8-4-5-12-19(17)20)16-27-22(25)14-7-15-26-18-10-2-1-3-11-18/h1-5,8,10-12,20H,6-7,9,13-16H2,(H,23,24)/t20-/m1/s1. The number of fused-ring (bicyclic) bond motifs is 1. The second-order valence-corrected chi connectivity index (χ2v) is 6.64. The average molecular weight is 367 g/mol. The third kappa shape index (κ3) is 5.84. The number of hydrogen-bond acceptors (Lipinski definition) is 4. The zero-order chi connectivity index (χ0) is 18.9. The van der Waals surface area contributed by atoms with Crippen molar-refractivity contribution in [1.82, 2.24) is 5.32 Å². The molecule has 142 valence electrons. The van der Waals surface area contributed by atoms with Gasteiger partial charge in [-0.05, 0) is 48.9 Å².